The van der Waals surface area contributed by atoms with Crippen molar-refractivity contribution in [1.29, 1.82) is 0 Å². The van der Waals surface area contributed by atoms with Gasteiger partial charge < -0.3 is 9.64 Å². The summed E-state index contributed by atoms with van der Waals surface area (Å²) in [7, 11) is 1.71. The number of hydrogen-bond acceptors (Lipinski definition) is 4. The Balaban J connectivity index is 2.96. The summed E-state index contributed by atoms with van der Waals surface area (Å²) in [5, 5.41) is 7.19. The molecule has 6 heteroatoms. The van der Waals surface area contributed by atoms with Crippen LogP contribution in [0, 0.1) is 4.77 Å². The Bertz CT molecular complexity index is 385. The Hall–Kier alpha value is -0.880. The normalized spacial score (nSPS) is 11.1. The van der Waals surface area contributed by atoms with Crippen LogP contribution >= 0.6 is 12.2 Å². The molecule has 1 N–H and O–H groups in total. The highest BCUT2D eigenvalue weighted by Gasteiger charge is 2.16. The molecule has 1 aromatic rings. The molecule has 0 unspecified atom stereocenters. The van der Waals surface area contributed by atoms with E-state index >= 15 is 0 Å². The van der Waals surface area contributed by atoms with Gasteiger partial charge in [-0.25, -0.2) is 5.10 Å². The van der Waals surface area contributed by atoms with Gasteiger partial charge in [0.2, 0.25) is 5.95 Å². The van der Waals surface area contributed by atoms with Gasteiger partial charge in [0, 0.05) is 26.2 Å². The number of hydrogen-bond donors (Lipinski definition) is 1. The lowest BCUT2D eigenvalue weighted by Gasteiger charge is -2.27. The van der Waals surface area contributed by atoms with Crippen molar-refractivity contribution >= 4 is 18.2 Å². The monoisotopic (exact) mass is 258 g/mol. The van der Waals surface area contributed by atoms with E-state index in [2.05, 4.69) is 35.9 Å². The van der Waals surface area contributed by atoms with Crippen LogP contribution in [0.25, 0.3) is 0 Å². The maximum absolute atomic E-state index is 5.24. The number of methoxy groups -OCH3 is 1. The Morgan fingerprint density at radius 3 is 2.76 bits per heavy atom. The molecule has 0 aliphatic rings. The largest absolute Gasteiger partial charge is 0.383 e. The lowest BCUT2D eigenvalue weighted by Crippen LogP contribution is -2.36. The number of aromatic amines is 1. The van der Waals surface area contributed by atoms with E-state index < -0.39 is 0 Å². The van der Waals surface area contributed by atoms with Gasteiger partial charge in [-0.05, 0) is 32.5 Å². The summed E-state index contributed by atoms with van der Waals surface area (Å²) in [5.41, 5.74) is 0. The Kier molecular flexibility index (Phi) is 5.64. The van der Waals surface area contributed by atoms with E-state index in [1.54, 1.807) is 7.11 Å². The molecule has 1 rings (SSSR count). The average Bonchev–Trinajstić information content (AvgIpc) is 2.62. The first-order valence-corrected chi connectivity index (χ1v) is 6.43. The van der Waals surface area contributed by atoms with Gasteiger partial charge in [-0.2, -0.15) is 0 Å². The summed E-state index contributed by atoms with van der Waals surface area (Å²) >= 11 is 5.24. The van der Waals surface area contributed by atoms with E-state index in [1.165, 1.54) is 0 Å². The quantitative estimate of drug-likeness (QED) is 0.762. The fourth-order valence-corrected chi connectivity index (χ4v) is 1.95. The van der Waals surface area contributed by atoms with E-state index in [0.717, 1.165) is 25.5 Å². The third-order valence-corrected chi connectivity index (χ3v) is 2.91. The first-order chi connectivity index (χ1) is 8.11. The fourth-order valence-electron chi connectivity index (χ4n) is 1.73. The molecule has 98 valence electrons. The third-order valence-electron chi connectivity index (χ3n) is 2.60. The highest BCUT2D eigenvalue weighted by atomic mass is 32.1. The number of aromatic nitrogens is 3. The molecular formula is C11H22N4OS. The topological polar surface area (TPSA) is 46.1 Å². The van der Waals surface area contributed by atoms with E-state index in [4.69, 9.17) is 17.0 Å². The zero-order valence-corrected chi connectivity index (χ0v) is 11.9. The van der Waals surface area contributed by atoms with E-state index in [9.17, 15) is 0 Å². The van der Waals surface area contributed by atoms with Crippen molar-refractivity contribution in [3.8, 4) is 0 Å². The van der Waals surface area contributed by atoms with Crippen LogP contribution in [0.15, 0.2) is 0 Å². The van der Waals surface area contributed by atoms with Gasteiger partial charge in [-0.15, -0.1) is 5.10 Å². The van der Waals surface area contributed by atoms with Gasteiger partial charge in [-0.1, -0.05) is 6.92 Å². The van der Waals surface area contributed by atoms with Crippen LogP contribution < -0.4 is 4.90 Å². The Labute approximate surface area is 108 Å². The molecule has 0 saturated heterocycles. The number of anilines is 1. The third kappa shape index (κ3) is 3.54. The zero-order chi connectivity index (χ0) is 12.8. The maximum Gasteiger partial charge on any atom is 0.226 e. The molecule has 0 aromatic carbocycles. The molecule has 0 atom stereocenters. The lowest BCUT2D eigenvalue weighted by molar-refractivity contribution is 0.203. The number of rotatable bonds is 7. The zero-order valence-electron chi connectivity index (χ0n) is 11.1. The molecule has 5 nitrogen and oxygen atoms in total. The van der Waals surface area contributed by atoms with Crippen molar-refractivity contribution in [3.63, 3.8) is 0 Å². The second-order valence-corrected chi connectivity index (χ2v) is 4.65. The van der Waals surface area contributed by atoms with Crippen molar-refractivity contribution < 1.29 is 4.74 Å². The first-order valence-electron chi connectivity index (χ1n) is 6.02. The highest BCUT2D eigenvalue weighted by Crippen LogP contribution is 2.15. The molecule has 0 radical (unpaired) electrons. The van der Waals surface area contributed by atoms with Crippen LogP contribution in [-0.4, -0.2) is 41.1 Å². The number of H-pyrrole nitrogens is 1. The molecular weight excluding hydrogens is 236 g/mol. The van der Waals surface area contributed by atoms with Gasteiger partial charge in [0.15, 0.2) is 4.77 Å². The van der Waals surface area contributed by atoms with Gasteiger partial charge in [-0.3, -0.25) is 4.57 Å². The molecule has 17 heavy (non-hydrogen) atoms. The smallest absolute Gasteiger partial charge is 0.226 e. The van der Waals surface area contributed by atoms with Crippen molar-refractivity contribution in [3.05, 3.63) is 4.77 Å². The van der Waals surface area contributed by atoms with E-state index in [1.807, 2.05) is 4.57 Å². The Morgan fingerprint density at radius 1 is 1.53 bits per heavy atom. The van der Waals surface area contributed by atoms with Gasteiger partial charge in [0.05, 0.1) is 6.61 Å². The number of ether oxygens (including phenoxy) is 1. The highest BCUT2D eigenvalue weighted by molar-refractivity contribution is 7.71. The number of nitrogens with zero attached hydrogens (tertiary/aromatic N) is 3. The van der Waals surface area contributed by atoms with Crippen molar-refractivity contribution in [2.75, 3.05) is 25.2 Å². The average molecular weight is 258 g/mol. The maximum atomic E-state index is 5.24. The minimum absolute atomic E-state index is 0.367. The molecule has 0 bridgehead atoms. The predicted octanol–water partition coefficient (Wildman–Crippen LogP) is 2.21. The molecule has 0 spiro atoms. The summed E-state index contributed by atoms with van der Waals surface area (Å²) in [5.74, 6) is 0.906. The first kappa shape index (κ1) is 14.2. The molecule has 0 aliphatic heterocycles. The van der Waals surface area contributed by atoms with Crippen LogP contribution in [0.1, 0.15) is 27.2 Å². The van der Waals surface area contributed by atoms with Gasteiger partial charge >= 0.3 is 0 Å². The predicted molar refractivity (Wildman–Crippen MR) is 72.1 cm³/mol. The molecule has 0 saturated carbocycles. The van der Waals surface area contributed by atoms with Crippen LogP contribution in [0.2, 0.25) is 0 Å². The van der Waals surface area contributed by atoms with E-state index in [-0.39, 0.29) is 0 Å². The van der Waals surface area contributed by atoms with Gasteiger partial charge in [0.25, 0.3) is 0 Å². The van der Waals surface area contributed by atoms with E-state index in [0.29, 0.717) is 17.4 Å². The summed E-state index contributed by atoms with van der Waals surface area (Å²) in [4.78, 5) is 2.20. The standard InChI is InChI=1S/C11H22N4OS/c1-5-6-15-10(12-13-11(15)17)14(9(2)3)7-8-16-4/h9H,5-8H2,1-4H3,(H,13,17). The van der Waals surface area contributed by atoms with Crippen LogP contribution in [0.4, 0.5) is 5.95 Å². The second kappa shape index (κ2) is 6.76. The number of nitrogens with one attached hydrogen (secondary N) is 1. The Morgan fingerprint density at radius 2 is 2.24 bits per heavy atom. The molecule has 0 aliphatic carbocycles. The summed E-state index contributed by atoms with van der Waals surface area (Å²) in [6, 6.07) is 0.367. The molecule has 0 fully saturated rings. The lowest BCUT2D eigenvalue weighted by atomic mass is 10.3. The van der Waals surface area contributed by atoms with Crippen molar-refractivity contribution in [1.82, 2.24) is 14.8 Å². The second-order valence-electron chi connectivity index (χ2n) is 4.26. The van der Waals surface area contributed by atoms with Crippen LogP contribution in [0.3, 0.4) is 0 Å². The molecule has 1 heterocycles. The van der Waals surface area contributed by atoms with Crippen molar-refractivity contribution in [2.24, 2.45) is 0 Å². The molecule has 0 amide bonds. The minimum Gasteiger partial charge on any atom is -0.383 e. The summed E-state index contributed by atoms with van der Waals surface area (Å²) in [6.07, 6.45) is 1.04. The van der Waals surface area contributed by atoms with Gasteiger partial charge in [0.1, 0.15) is 0 Å². The molecule has 1 aromatic heterocycles. The van der Waals surface area contributed by atoms with Crippen LogP contribution in [-0.2, 0) is 11.3 Å². The van der Waals surface area contributed by atoms with Crippen molar-refractivity contribution in [2.45, 2.75) is 39.8 Å². The summed E-state index contributed by atoms with van der Waals surface area (Å²) < 4.78 is 7.87. The minimum atomic E-state index is 0.367. The fraction of sp³-hybridized carbons (Fsp3) is 0.818. The SMILES string of the molecule is CCCn1c(N(CCOC)C(C)C)n[nH]c1=S. The summed E-state index contributed by atoms with van der Waals surface area (Å²) in [6.45, 7) is 8.81. The van der Waals surface area contributed by atoms with Crippen LogP contribution in [0.5, 0.6) is 0 Å².